The molecule has 2 aromatic rings. The largest absolute Gasteiger partial charge is 0.354 e. The van der Waals surface area contributed by atoms with Gasteiger partial charge in [0.2, 0.25) is 0 Å². The highest BCUT2D eigenvalue weighted by Gasteiger charge is 2.25. The van der Waals surface area contributed by atoms with Crippen LogP contribution >= 0.6 is 0 Å². The fraction of sp³-hybridized carbons (Fsp3) is 0.217. The lowest BCUT2D eigenvalue weighted by molar-refractivity contribution is -0.113. The van der Waals surface area contributed by atoms with Crippen LogP contribution in [0.4, 0.5) is 5.69 Å². The normalized spacial score (nSPS) is 16.0. The first-order valence-electron chi connectivity index (χ1n) is 9.28. The van der Waals surface area contributed by atoms with Crippen molar-refractivity contribution in [2.24, 2.45) is 5.92 Å². The van der Waals surface area contributed by atoms with Crippen LogP contribution in [0.25, 0.3) is 0 Å². The van der Waals surface area contributed by atoms with Crippen molar-refractivity contribution in [2.45, 2.75) is 19.8 Å². The summed E-state index contributed by atoms with van der Waals surface area (Å²) in [6, 6.07) is 18.6. The predicted octanol–water partition coefficient (Wildman–Crippen LogP) is 4.64. The predicted molar refractivity (Wildman–Crippen MR) is 108 cm³/mol. The average Bonchev–Trinajstić information content (AvgIpc) is 2.70. The van der Waals surface area contributed by atoms with Gasteiger partial charge in [-0.3, -0.25) is 9.59 Å². The number of benzene rings is 2. The van der Waals surface area contributed by atoms with Gasteiger partial charge in [-0.25, -0.2) is 0 Å². The van der Waals surface area contributed by atoms with Crippen LogP contribution in [-0.2, 0) is 4.79 Å². The minimum absolute atomic E-state index is 0.0348. The van der Waals surface area contributed by atoms with E-state index in [1.54, 1.807) is 0 Å². The van der Waals surface area contributed by atoms with Crippen LogP contribution < -0.4 is 5.32 Å². The maximum Gasteiger partial charge on any atom is 0.253 e. The van der Waals surface area contributed by atoms with Gasteiger partial charge in [0.15, 0.2) is 5.78 Å². The van der Waals surface area contributed by atoms with E-state index in [-0.39, 0.29) is 24.0 Å². The molecular weight excluding hydrogens is 336 g/mol. The smallest absolute Gasteiger partial charge is 0.253 e. The monoisotopic (exact) mass is 360 g/mol. The van der Waals surface area contributed by atoms with E-state index in [2.05, 4.69) is 12.2 Å². The van der Waals surface area contributed by atoms with Crippen molar-refractivity contribution < 1.29 is 9.59 Å². The summed E-state index contributed by atoms with van der Waals surface area (Å²) >= 11 is 0. The molecule has 0 spiro atoms. The highest BCUT2D eigenvalue weighted by atomic mass is 16.2. The standard InChI is InChI=1S/C23H24N2O2/c1-2-14-25-15-13-19(16-22(26)18-9-5-3-6-10-18)21(17-25)23(27)24-20-11-7-4-8-12-20/h3-13,15,17,19H,2,14,16H2,1H3,(H,24,27). The van der Waals surface area contributed by atoms with Crippen molar-refractivity contribution in [3.05, 3.63) is 90.3 Å². The van der Waals surface area contributed by atoms with Crippen molar-refractivity contribution in [1.82, 2.24) is 4.90 Å². The number of Topliss-reactive ketones (excluding diaryl/α,β-unsaturated/α-hetero) is 1. The zero-order chi connectivity index (χ0) is 19.1. The minimum atomic E-state index is -0.241. The number of ketones is 1. The van der Waals surface area contributed by atoms with Crippen molar-refractivity contribution in [1.29, 1.82) is 0 Å². The molecule has 4 heteroatoms. The van der Waals surface area contributed by atoms with Crippen molar-refractivity contribution in [3.8, 4) is 0 Å². The molecule has 1 aliphatic heterocycles. The van der Waals surface area contributed by atoms with E-state index >= 15 is 0 Å². The summed E-state index contributed by atoms with van der Waals surface area (Å²) in [6.07, 6.45) is 7.03. The van der Waals surface area contributed by atoms with E-state index in [9.17, 15) is 9.59 Å². The first kappa shape index (κ1) is 18.6. The molecule has 0 radical (unpaired) electrons. The van der Waals surface area contributed by atoms with Gasteiger partial charge >= 0.3 is 0 Å². The summed E-state index contributed by atoms with van der Waals surface area (Å²) in [5.74, 6) is -0.375. The summed E-state index contributed by atoms with van der Waals surface area (Å²) in [7, 11) is 0. The van der Waals surface area contributed by atoms with Gasteiger partial charge in [0.05, 0.1) is 0 Å². The molecule has 3 rings (SSSR count). The Morgan fingerprint density at radius 3 is 2.33 bits per heavy atom. The summed E-state index contributed by atoms with van der Waals surface area (Å²) in [5, 5.41) is 2.94. The van der Waals surface area contributed by atoms with Crippen LogP contribution in [-0.4, -0.2) is 23.1 Å². The second-order valence-corrected chi connectivity index (χ2v) is 6.58. The van der Waals surface area contributed by atoms with Gasteiger partial charge in [-0.15, -0.1) is 0 Å². The second-order valence-electron chi connectivity index (χ2n) is 6.58. The highest BCUT2D eigenvalue weighted by Crippen LogP contribution is 2.26. The minimum Gasteiger partial charge on any atom is -0.354 e. The molecule has 138 valence electrons. The Kier molecular flexibility index (Phi) is 6.21. The third-order valence-electron chi connectivity index (χ3n) is 4.49. The van der Waals surface area contributed by atoms with Crippen molar-refractivity contribution in [2.75, 3.05) is 11.9 Å². The molecule has 27 heavy (non-hydrogen) atoms. The molecule has 0 fully saturated rings. The van der Waals surface area contributed by atoms with E-state index in [0.29, 0.717) is 11.1 Å². The van der Waals surface area contributed by atoms with Crippen LogP contribution in [0.15, 0.2) is 84.7 Å². The molecule has 0 aromatic heterocycles. The number of nitrogens with zero attached hydrogens (tertiary/aromatic N) is 1. The summed E-state index contributed by atoms with van der Waals surface area (Å²) in [5.41, 5.74) is 2.02. The Labute approximate surface area is 160 Å². The van der Waals surface area contributed by atoms with Crippen LogP contribution in [0, 0.1) is 5.92 Å². The first-order valence-corrected chi connectivity index (χ1v) is 9.28. The molecular formula is C23H24N2O2. The zero-order valence-electron chi connectivity index (χ0n) is 15.5. The molecule has 0 saturated carbocycles. The maximum absolute atomic E-state index is 12.9. The van der Waals surface area contributed by atoms with E-state index in [0.717, 1.165) is 18.7 Å². The molecule has 0 bridgehead atoms. The molecule has 4 nitrogen and oxygen atoms in total. The number of hydrogen-bond donors (Lipinski definition) is 1. The van der Waals surface area contributed by atoms with Crippen LogP contribution in [0.2, 0.25) is 0 Å². The number of rotatable bonds is 7. The molecule has 1 amide bonds. The Balaban J connectivity index is 1.78. The number of hydrogen-bond acceptors (Lipinski definition) is 3. The quantitative estimate of drug-likeness (QED) is 0.732. The number of carbonyl (C=O) groups excluding carboxylic acids is 2. The van der Waals surface area contributed by atoms with Gasteiger partial charge in [-0.2, -0.15) is 0 Å². The highest BCUT2D eigenvalue weighted by molar-refractivity contribution is 6.05. The van der Waals surface area contributed by atoms with Crippen molar-refractivity contribution in [3.63, 3.8) is 0 Å². The third kappa shape index (κ3) is 4.94. The van der Waals surface area contributed by atoms with Crippen LogP contribution in [0.5, 0.6) is 0 Å². The molecule has 1 heterocycles. The molecule has 1 N–H and O–H groups in total. The van der Waals surface area contributed by atoms with Crippen molar-refractivity contribution >= 4 is 17.4 Å². The Hall–Kier alpha value is -3.14. The Morgan fingerprint density at radius 2 is 1.67 bits per heavy atom. The Bertz CT molecular complexity index is 841. The number of nitrogens with one attached hydrogen (secondary N) is 1. The van der Waals surface area contributed by atoms with Crippen LogP contribution in [0.3, 0.4) is 0 Å². The maximum atomic E-state index is 12.9. The number of para-hydroxylation sites is 1. The number of carbonyl (C=O) groups is 2. The second kappa shape index (κ2) is 8.99. The lowest BCUT2D eigenvalue weighted by Crippen LogP contribution is -2.27. The topological polar surface area (TPSA) is 49.4 Å². The SMILES string of the molecule is CCCN1C=CC(CC(=O)c2ccccc2)C(C(=O)Nc2ccccc2)=C1. The van der Waals surface area contributed by atoms with Gasteiger partial charge in [-0.1, -0.05) is 61.5 Å². The number of allylic oxidation sites excluding steroid dienone is 1. The lowest BCUT2D eigenvalue weighted by atomic mass is 9.89. The van der Waals surface area contributed by atoms with E-state index in [1.165, 1.54) is 0 Å². The summed E-state index contributed by atoms with van der Waals surface area (Å²) in [4.78, 5) is 27.5. The molecule has 0 aliphatic carbocycles. The van der Waals surface area contributed by atoms with E-state index in [1.807, 2.05) is 84.0 Å². The van der Waals surface area contributed by atoms with Gasteiger partial charge in [0.1, 0.15) is 0 Å². The summed E-state index contributed by atoms with van der Waals surface area (Å²) < 4.78 is 0. The summed E-state index contributed by atoms with van der Waals surface area (Å²) in [6.45, 7) is 2.92. The van der Waals surface area contributed by atoms with Crippen LogP contribution in [0.1, 0.15) is 30.1 Å². The first-order chi connectivity index (χ1) is 13.2. The van der Waals surface area contributed by atoms with Gasteiger partial charge in [-0.05, 0) is 18.6 Å². The van der Waals surface area contributed by atoms with E-state index in [4.69, 9.17) is 0 Å². The van der Waals surface area contributed by atoms with Gasteiger partial charge in [0.25, 0.3) is 5.91 Å². The third-order valence-corrected chi connectivity index (χ3v) is 4.49. The number of amides is 1. The average molecular weight is 360 g/mol. The van der Waals surface area contributed by atoms with E-state index < -0.39 is 0 Å². The molecule has 1 aliphatic rings. The Morgan fingerprint density at radius 1 is 1.00 bits per heavy atom. The molecule has 2 aromatic carbocycles. The fourth-order valence-electron chi connectivity index (χ4n) is 3.10. The van der Waals surface area contributed by atoms with Gasteiger partial charge in [0, 0.05) is 48.1 Å². The molecule has 1 unspecified atom stereocenters. The zero-order valence-corrected chi connectivity index (χ0v) is 15.5. The lowest BCUT2D eigenvalue weighted by Gasteiger charge is -2.26. The number of anilines is 1. The fourth-order valence-corrected chi connectivity index (χ4v) is 3.10. The van der Waals surface area contributed by atoms with Gasteiger partial charge < -0.3 is 10.2 Å². The molecule has 1 atom stereocenters. The molecule has 0 saturated heterocycles.